The number of imide groups is 1. The Balaban J connectivity index is 1.42. The molecule has 4 amide bonds. The van der Waals surface area contributed by atoms with Gasteiger partial charge in [0.05, 0.1) is 0 Å². The summed E-state index contributed by atoms with van der Waals surface area (Å²) in [6, 6.07) is 7.88. The summed E-state index contributed by atoms with van der Waals surface area (Å²) >= 11 is 0. The van der Waals surface area contributed by atoms with Crippen molar-refractivity contribution in [2.45, 2.75) is 63.5 Å². The van der Waals surface area contributed by atoms with Crippen LogP contribution >= 0.6 is 0 Å². The van der Waals surface area contributed by atoms with Gasteiger partial charge in [-0.3, -0.25) is 14.5 Å². The number of hydrogen-bond acceptors (Lipinski definition) is 5. The predicted octanol–water partition coefficient (Wildman–Crippen LogP) is 3.18. The van der Waals surface area contributed by atoms with Crippen molar-refractivity contribution in [1.82, 2.24) is 20.0 Å². The van der Waals surface area contributed by atoms with Crippen LogP contribution in [-0.4, -0.2) is 91.4 Å². The van der Waals surface area contributed by atoms with Crippen molar-refractivity contribution in [2.75, 3.05) is 52.2 Å². The molecule has 0 bridgehead atoms. The molecule has 0 aromatic heterocycles. The largest absolute Gasteiger partial charge is 0.378 e. The van der Waals surface area contributed by atoms with Crippen molar-refractivity contribution in [2.24, 2.45) is 5.92 Å². The van der Waals surface area contributed by atoms with Crippen molar-refractivity contribution in [3.63, 3.8) is 0 Å². The average molecular weight is 484 g/mol. The first-order chi connectivity index (χ1) is 16.8. The highest BCUT2D eigenvalue weighted by Gasteiger charge is 2.55. The Morgan fingerprint density at radius 1 is 1.14 bits per heavy atom. The molecule has 0 saturated carbocycles. The molecule has 2 atom stereocenters. The summed E-state index contributed by atoms with van der Waals surface area (Å²) in [6.07, 6.45) is 6.02. The zero-order valence-corrected chi connectivity index (χ0v) is 21.8. The van der Waals surface area contributed by atoms with Gasteiger partial charge in [0, 0.05) is 51.0 Å². The van der Waals surface area contributed by atoms with E-state index in [1.54, 1.807) is 0 Å². The van der Waals surface area contributed by atoms with E-state index in [1.807, 2.05) is 48.2 Å². The monoisotopic (exact) mass is 483 g/mol. The number of nitrogens with zero attached hydrogens (tertiary/aromatic N) is 4. The van der Waals surface area contributed by atoms with Gasteiger partial charge in [-0.2, -0.15) is 0 Å². The van der Waals surface area contributed by atoms with E-state index in [-0.39, 0.29) is 23.8 Å². The highest BCUT2D eigenvalue weighted by molar-refractivity contribution is 6.07. The molecule has 35 heavy (non-hydrogen) atoms. The number of rotatable bonds is 8. The molecular formula is C27H41N5O3. The van der Waals surface area contributed by atoms with Crippen molar-refractivity contribution in [1.29, 1.82) is 0 Å². The number of amides is 4. The summed E-state index contributed by atoms with van der Waals surface area (Å²) in [7, 11) is 6.05. The van der Waals surface area contributed by atoms with Gasteiger partial charge in [-0.25, -0.2) is 4.79 Å². The van der Waals surface area contributed by atoms with Gasteiger partial charge in [-0.15, -0.1) is 0 Å². The molecule has 1 aromatic rings. The fourth-order valence-electron chi connectivity index (χ4n) is 6.19. The van der Waals surface area contributed by atoms with Crippen molar-refractivity contribution in [3.05, 3.63) is 29.8 Å². The van der Waals surface area contributed by atoms with Crippen molar-refractivity contribution < 1.29 is 14.4 Å². The van der Waals surface area contributed by atoms with E-state index >= 15 is 0 Å². The van der Waals surface area contributed by atoms with Gasteiger partial charge in [-0.1, -0.05) is 19.4 Å². The van der Waals surface area contributed by atoms with Crippen LogP contribution in [0.3, 0.4) is 0 Å². The van der Waals surface area contributed by atoms with E-state index < -0.39 is 5.54 Å². The fraction of sp³-hybridized carbons (Fsp3) is 0.667. The molecule has 0 aliphatic carbocycles. The molecule has 8 nitrogen and oxygen atoms in total. The lowest BCUT2D eigenvalue weighted by molar-refractivity contribution is -0.134. The maximum Gasteiger partial charge on any atom is 0.325 e. The molecule has 0 unspecified atom stereocenters. The van der Waals surface area contributed by atoms with Gasteiger partial charge in [0.2, 0.25) is 0 Å². The molecule has 1 aromatic carbocycles. The number of carbonyl (C=O) groups excluding carboxylic acids is 3. The van der Waals surface area contributed by atoms with E-state index in [0.717, 1.165) is 31.5 Å². The number of piperidine rings is 1. The quantitative estimate of drug-likeness (QED) is 0.575. The molecule has 8 heteroatoms. The lowest BCUT2D eigenvalue weighted by atomic mass is 9.74. The summed E-state index contributed by atoms with van der Waals surface area (Å²) in [4.78, 5) is 47.5. The fourth-order valence-corrected chi connectivity index (χ4v) is 6.19. The summed E-state index contributed by atoms with van der Waals surface area (Å²) in [5, 5.41) is 3.14. The Bertz CT molecular complexity index is 942. The number of benzene rings is 1. The molecule has 3 saturated heterocycles. The third-order valence-corrected chi connectivity index (χ3v) is 8.29. The Hall–Kier alpha value is -2.61. The minimum atomic E-state index is -0.840. The zero-order chi connectivity index (χ0) is 25.2. The van der Waals surface area contributed by atoms with Gasteiger partial charge >= 0.3 is 6.03 Å². The van der Waals surface area contributed by atoms with Gasteiger partial charge in [0.25, 0.3) is 11.8 Å². The van der Waals surface area contributed by atoms with Crippen molar-refractivity contribution in [3.8, 4) is 0 Å². The van der Waals surface area contributed by atoms with Crippen LogP contribution in [0.4, 0.5) is 10.5 Å². The van der Waals surface area contributed by atoms with Crippen LogP contribution in [0, 0.1) is 5.92 Å². The Kier molecular flexibility index (Phi) is 7.69. The average Bonchev–Trinajstić information content (AvgIpc) is 3.37. The first-order valence-corrected chi connectivity index (χ1v) is 13.2. The Morgan fingerprint density at radius 2 is 1.89 bits per heavy atom. The second-order valence-electron chi connectivity index (χ2n) is 10.7. The zero-order valence-electron chi connectivity index (χ0n) is 21.8. The lowest BCUT2D eigenvalue weighted by Crippen LogP contribution is -2.56. The van der Waals surface area contributed by atoms with E-state index in [9.17, 15) is 14.4 Å². The number of urea groups is 1. The van der Waals surface area contributed by atoms with E-state index in [0.29, 0.717) is 50.5 Å². The second kappa shape index (κ2) is 10.6. The highest BCUT2D eigenvalue weighted by atomic mass is 16.2. The van der Waals surface area contributed by atoms with Crippen LogP contribution in [0.2, 0.25) is 0 Å². The normalized spacial score (nSPS) is 25.9. The molecule has 3 heterocycles. The van der Waals surface area contributed by atoms with Crippen LogP contribution in [0.25, 0.3) is 0 Å². The van der Waals surface area contributed by atoms with Crippen molar-refractivity contribution >= 4 is 23.5 Å². The minimum absolute atomic E-state index is 0.0285. The lowest BCUT2D eigenvalue weighted by Gasteiger charge is -2.41. The second-order valence-corrected chi connectivity index (χ2v) is 10.7. The molecule has 1 N–H and O–H groups in total. The van der Waals surface area contributed by atoms with E-state index in [1.165, 1.54) is 11.3 Å². The van der Waals surface area contributed by atoms with Gasteiger partial charge in [0.1, 0.15) is 5.54 Å². The van der Waals surface area contributed by atoms with Crippen LogP contribution in [0.5, 0.6) is 0 Å². The van der Waals surface area contributed by atoms with E-state index in [2.05, 4.69) is 24.2 Å². The smallest absolute Gasteiger partial charge is 0.325 e. The van der Waals surface area contributed by atoms with Crippen LogP contribution in [0.1, 0.15) is 62.2 Å². The molecule has 0 radical (unpaired) electrons. The first-order valence-electron chi connectivity index (χ1n) is 13.2. The van der Waals surface area contributed by atoms with E-state index in [4.69, 9.17) is 0 Å². The van der Waals surface area contributed by atoms with Crippen LogP contribution in [0.15, 0.2) is 24.3 Å². The predicted molar refractivity (Wildman–Crippen MR) is 138 cm³/mol. The Labute approximate surface area is 209 Å². The highest BCUT2D eigenvalue weighted by Crippen LogP contribution is 2.37. The molecule has 3 fully saturated rings. The summed E-state index contributed by atoms with van der Waals surface area (Å²) < 4.78 is 0. The SMILES string of the molecule is CCC[C@@]1(C2CCN(C(=O)c3cccc(N(C)C)c3)CC2)NC(=O)N(CC[C@H]2CCCN2C)C1=O. The number of likely N-dealkylation sites (tertiary alicyclic amines) is 2. The molecule has 4 rings (SSSR count). The molecule has 192 valence electrons. The maximum atomic E-state index is 13.7. The van der Waals surface area contributed by atoms with Gasteiger partial charge < -0.3 is 20.0 Å². The topological polar surface area (TPSA) is 76.2 Å². The summed E-state index contributed by atoms with van der Waals surface area (Å²) in [5.41, 5.74) is 0.843. The summed E-state index contributed by atoms with van der Waals surface area (Å²) in [6.45, 7) is 4.81. The maximum absolute atomic E-state index is 13.7. The number of carbonyl (C=O) groups is 3. The van der Waals surface area contributed by atoms with Gasteiger partial charge in [-0.05, 0) is 76.2 Å². The molecule has 0 spiro atoms. The van der Waals surface area contributed by atoms with Crippen LogP contribution in [-0.2, 0) is 4.79 Å². The molecular weight excluding hydrogens is 442 g/mol. The Morgan fingerprint density at radius 3 is 2.51 bits per heavy atom. The summed E-state index contributed by atoms with van der Waals surface area (Å²) in [5.74, 6) is 0.00413. The molecule has 3 aliphatic heterocycles. The standard InChI is InChI=1S/C27H41N5O3/c1-5-14-27(25(34)32(26(35)28-27)18-13-22-10-7-15-30(22)4)21-11-16-31(17-12-21)24(33)20-8-6-9-23(19-20)29(2)3/h6,8-9,19,21-22H,5,7,10-18H2,1-4H3,(H,28,35)/t22-,27+/m1/s1. The number of nitrogens with one attached hydrogen (secondary N) is 1. The number of hydrogen-bond donors (Lipinski definition) is 1. The molecule has 3 aliphatic rings. The minimum Gasteiger partial charge on any atom is -0.378 e. The first kappa shape index (κ1) is 25.5. The third kappa shape index (κ3) is 5.03. The van der Waals surface area contributed by atoms with Gasteiger partial charge in [0.15, 0.2) is 0 Å². The van der Waals surface area contributed by atoms with Crippen LogP contribution < -0.4 is 10.2 Å². The number of anilines is 1. The third-order valence-electron chi connectivity index (χ3n) is 8.29.